The maximum Gasteiger partial charge on any atom is 0.292 e. The highest BCUT2D eigenvalue weighted by Gasteiger charge is 2.23. The van der Waals surface area contributed by atoms with Crippen molar-refractivity contribution in [1.29, 1.82) is 0 Å². The van der Waals surface area contributed by atoms with Gasteiger partial charge in [0.2, 0.25) is 5.91 Å². The van der Waals surface area contributed by atoms with Crippen LogP contribution < -0.4 is 10.2 Å². The Labute approximate surface area is 133 Å². The van der Waals surface area contributed by atoms with Crippen molar-refractivity contribution in [3.63, 3.8) is 0 Å². The van der Waals surface area contributed by atoms with Gasteiger partial charge in [0, 0.05) is 31.3 Å². The van der Waals surface area contributed by atoms with Crippen molar-refractivity contribution < 1.29 is 9.72 Å². The molecule has 1 N–H and O–H groups in total. The average Bonchev–Trinajstić information content (AvgIpc) is 2.99. The quantitative estimate of drug-likeness (QED) is 0.680. The minimum absolute atomic E-state index is 0.0199. The largest absolute Gasteiger partial charge is 0.379 e. The first-order chi connectivity index (χ1) is 11.2. The van der Waals surface area contributed by atoms with Crippen LogP contribution in [-0.4, -0.2) is 23.9 Å². The van der Waals surface area contributed by atoms with Crippen LogP contribution in [0.25, 0.3) is 0 Å². The highest BCUT2D eigenvalue weighted by Crippen LogP contribution is 2.28. The Morgan fingerprint density at radius 3 is 2.74 bits per heavy atom. The van der Waals surface area contributed by atoms with Crippen molar-refractivity contribution in [2.75, 3.05) is 23.3 Å². The summed E-state index contributed by atoms with van der Waals surface area (Å²) in [5, 5.41) is 13.9. The fraction of sp³-hybridized carbons (Fsp3) is 0.235. The van der Waals surface area contributed by atoms with Crippen LogP contribution in [0.5, 0.6) is 0 Å². The number of nitrogens with one attached hydrogen (secondary N) is 1. The van der Waals surface area contributed by atoms with E-state index < -0.39 is 4.92 Å². The van der Waals surface area contributed by atoms with E-state index in [2.05, 4.69) is 5.32 Å². The number of benzene rings is 2. The van der Waals surface area contributed by atoms with E-state index in [4.69, 9.17) is 0 Å². The van der Waals surface area contributed by atoms with Crippen LogP contribution in [-0.2, 0) is 11.2 Å². The second kappa shape index (κ2) is 6.48. The Bertz CT molecular complexity index is 745. The number of hydrogen-bond acceptors (Lipinski definition) is 4. The summed E-state index contributed by atoms with van der Waals surface area (Å²) in [6.07, 6.45) is 1.17. The molecule has 1 heterocycles. The summed E-state index contributed by atoms with van der Waals surface area (Å²) in [4.78, 5) is 24.7. The molecule has 118 valence electrons. The molecule has 0 radical (unpaired) electrons. The van der Waals surface area contributed by atoms with Gasteiger partial charge in [-0.15, -0.1) is 0 Å². The predicted octanol–water partition coefficient (Wildman–Crippen LogP) is 2.99. The van der Waals surface area contributed by atoms with Gasteiger partial charge in [-0.2, -0.15) is 0 Å². The van der Waals surface area contributed by atoms with Crippen LogP contribution in [0, 0.1) is 10.1 Å². The van der Waals surface area contributed by atoms with Gasteiger partial charge in [0.15, 0.2) is 0 Å². The second-order valence-electron chi connectivity index (χ2n) is 5.38. The Kier molecular flexibility index (Phi) is 4.23. The zero-order valence-corrected chi connectivity index (χ0v) is 12.6. The third kappa shape index (κ3) is 3.15. The maximum atomic E-state index is 12.4. The first-order valence-corrected chi connectivity index (χ1v) is 7.52. The van der Waals surface area contributed by atoms with E-state index in [1.165, 1.54) is 11.6 Å². The molecule has 1 amide bonds. The number of amides is 1. The number of nitrogens with zero attached hydrogens (tertiary/aromatic N) is 2. The summed E-state index contributed by atoms with van der Waals surface area (Å²) < 4.78 is 0. The Morgan fingerprint density at radius 1 is 1.17 bits per heavy atom. The summed E-state index contributed by atoms with van der Waals surface area (Å²) in [6, 6.07) is 14.3. The highest BCUT2D eigenvalue weighted by molar-refractivity contribution is 5.95. The van der Waals surface area contributed by atoms with E-state index in [0.717, 1.165) is 12.1 Å². The first-order valence-electron chi connectivity index (χ1n) is 7.52. The van der Waals surface area contributed by atoms with Crippen molar-refractivity contribution in [2.24, 2.45) is 0 Å². The van der Waals surface area contributed by atoms with Crippen LogP contribution in [0.1, 0.15) is 12.0 Å². The number of anilines is 2. The molecular weight excluding hydrogens is 294 g/mol. The Balaban J connectivity index is 1.60. The molecular formula is C17H17N3O3. The summed E-state index contributed by atoms with van der Waals surface area (Å²) in [7, 11) is 0. The molecule has 0 atom stereocenters. The number of carbonyl (C=O) groups excluding carboxylic acids is 1. The molecule has 2 aromatic carbocycles. The number of carbonyl (C=O) groups is 1. The zero-order valence-electron chi connectivity index (χ0n) is 12.6. The summed E-state index contributed by atoms with van der Waals surface area (Å²) in [5.74, 6) is 0.0287. The third-order valence-electron chi connectivity index (χ3n) is 3.94. The lowest BCUT2D eigenvalue weighted by Crippen LogP contribution is -2.30. The zero-order chi connectivity index (χ0) is 16.2. The SMILES string of the molecule is O=C(CCNc1ccccc1[N+](=O)[O-])N1CCc2ccccc21. The van der Waals surface area contributed by atoms with Crippen molar-refractivity contribution in [3.05, 3.63) is 64.2 Å². The number of rotatable bonds is 5. The van der Waals surface area contributed by atoms with Crippen molar-refractivity contribution in [1.82, 2.24) is 0 Å². The van der Waals surface area contributed by atoms with Gasteiger partial charge in [-0.05, 0) is 24.1 Å². The van der Waals surface area contributed by atoms with Crippen LogP contribution in [0.4, 0.5) is 17.1 Å². The van der Waals surface area contributed by atoms with Gasteiger partial charge >= 0.3 is 0 Å². The van der Waals surface area contributed by atoms with E-state index in [-0.39, 0.29) is 11.6 Å². The van der Waals surface area contributed by atoms with Crippen molar-refractivity contribution in [2.45, 2.75) is 12.8 Å². The summed E-state index contributed by atoms with van der Waals surface area (Å²) >= 11 is 0. The molecule has 1 aliphatic rings. The van der Waals surface area contributed by atoms with E-state index in [1.54, 1.807) is 23.1 Å². The standard InChI is InChI=1S/C17H17N3O3/c21-17(19-12-10-13-5-1-3-7-15(13)19)9-11-18-14-6-2-4-8-16(14)20(22)23/h1-8,18H,9-12H2. The number of hydrogen-bond donors (Lipinski definition) is 1. The molecule has 2 aromatic rings. The van der Waals surface area contributed by atoms with E-state index in [0.29, 0.717) is 25.2 Å². The number of para-hydroxylation sites is 3. The van der Waals surface area contributed by atoms with E-state index in [1.807, 2.05) is 24.3 Å². The van der Waals surface area contributed by atoms with Crippen LogP contribution in [0.3, 0.4) is 0 Å². The molecule has 0 unspecified atom stereocenters. The summed E-state index contributed by atoms with van der Waals surface area (Å²) in [6.45, 7) is 1.06. The van der Waals surface area contributed by atoms with Crippen LogP contribution in [0.2, 0.25) is 0 Å². The normalized spacial score (nSPS) is 12.8. The Hall–Kier alpha value is -2.89. The van der Waals surface area contributed by atoms with Gasteiger partial charge in [-0.1, -0.05) is 30.3 Å². The third-order valence-corrected chi connectivity index (χ3v) is 3.94. The van der Waals surface area contributed by atoms with Crippen molar-refractivity contribution >= 4 is 23.0 Å². The molecule has 0 aromatic heterocycles. The molecule has 0 saturated carbocycles. The molecule has 6 nitrogen and oxygen atoms in total. The lowest BCUT2D eigenvalue weighted by molar-refractivity contribution is -0.384. The maximum absolute atomic E-state index is 12.4. The lowest BCUT2D eigenvalue weighted by Gasteiger charge is -2.17. The van der Waals surface area contributed by atoms with Gasteiger partial charge in [-0.25, -0.2) is 0 Å². The van der Waals surface area contributed by atoms with Gasteiger partial charge < -0.3 is 10.2 Å². The van der Waals surface area contributed by atoms with Gasteiger partial charge in [0.1, 0.15) is 5.69 Å². The Morgan fingerprint density at radius 2 is 1.91 bits per heavy atom. The molecule has 0 bridgehead atoms. The fourth-order valence-electron chi connectivity index (χ4n) is 2.82. The predicted molar refractivity (Wildman–Crippen MR) is 88.7 cm³/mol. The molecule has 0 saturated heterocycles. The minimum Gasteiger partial charge on any atom is -0.379 e. The average molecular weight is 311 g/mol. The smallest absolute Gasteiger partial charge is 0.292 e. The molecule has 0 aliphatic carbocycles. The molecule has 6 heteroatoms. The monoisotopic (exact) mass is 311 g/mol. The molecule has 23 heavy (non-hydrogen) atoms. The molecule has 0 spiro atoms. The van der Waals surface area contributed by atoms with Crippen molar-refractivity contribution in [3.8, 4) is 0 Å². The lowest BCUT2D eigenvalue weighted by atomic mass is 10.2. The number of nitro groups is 1. The minimum atomic E-state index is -0.430. The molecule has 0 fully saturated rings. The highest BCUT2D eigenvalue weighted by atomic mass is 16.6. The van der Waals surface area contributed by atoms with Gasteiger partial charge in [-0.3, -0.25) is 14.9 Å². The number of fused-ring (bicyclic) bond motifs is 1. The first kappa shape index (κ1) is 15.0. The summed E-state index contributed by atoms with van der Waals surface area (Å²) in [5.41, 5.74) is 2.62. The van der Waals surface area contributed by atoms with Gasteiger partial charge in [0.25, 0.3) is 5.69 Å². The van der Waals surface area contributed by atoms with E-state index >= 15 is 0 Å². The second-order valence-corrected chi connectivity index (χ2v) is 5.38. The van der Waals surface area contributed by atoms with Crippen LogP contribution >= 0.6 is 0 Å². The molecule has 3 rings (SSSR count). The van der Waals surface area contributed by atoms with Crippen LogP contribution in [0.15, 0.2) is 48.5 Å². The fourth-order valence-corrected chi connectivity index (χ4v) is 2.82. The van der Waals surface area contributed by atoms with E-state index in [9.17, 15) is 14.9 Å². The number of nitro benzene ring substituents is 1. The topological polar surface area (TPSA) is 75.5 Å². The molecule has 1 aliphatic heterocycles. The van der Waals surface area contributed by atoms with Gasteiger partial charge in [0.05, 0.1) is 4.92 Å².